The molecule has 0 radical (unpaired) electrons. The molecule has 1 N–H and O–H groups in total. The highest BCUT2D eigenvalue weighted by Crippen LogP contribution is 2.02. The van der Waals surface area contributed by atoms with E-state index in [9.17, 15) is 0 Å². The van der Waals surface area contributed by atoms with Crippen LogP contribution in [0.3, 0.4) is 0 Å². The highest BCUT2D eigenvalue weighted by Gasteiger charge is 1.92. The number of nitrogens with one attached hydrogen (secondary N) is 1. The fraction of sp³-hybridized carbons (Fsp3) is 0.500. The molecule has 0 rings (SSSR count). The van der Waals surface area contributed by atoms with Gasteiger partial charge in [0, 0.05) is 6.54 Å². The molecular weight excluding hydrogens is 146 g/mol. The number of hydrogen-bond donors (Lipinski definition) is 1. The molecule has 1 atom stereocenters. The Balaban J connectivity index is 3.76. The fourth-order valence-electron chi connectivity index (χ4n) is 0.678. The third kappa shape index (κ3) is 4.59. The van der Waals surface area contributed by atoms with E-state index in [1.54, 1.807) is 6.08 Å². The Morgan fingerprint density at radius 2 is 2.40 bits per heavy atom. The van der Waals surface area contributed by atoms with E-state index in [1.807, 2.05) is 20.0 Å². The second-order valence-electron chi connectivity index (χ2n) is 2.22. The highest BCUT2D eigenvalue weighted by atomic mass is 35.5. The smallest absolute Gasteiger partial charge is 0.0697 e. The van der Waals surface area contributed by atoms with E-state index in [1.165, 1.54) is 5.57 Å². The molecule has 10 heavy (non-hydrogen) atoms. The molecule has 0 saturated heterocycles. The first kappa shape index (κ1) is 9.73. The number of alkyl halides is 1. The molecule has 0 aliphatic rings. The molecule has 0 spiro atoms. The lowest BCUT2D eigenvalue weighted by Crippen LogP contribution is -2.09. The third-order valence-electron chi connectivity index (χ3n) is 1.12. The molecule has 0 aromatic carbocycles. The first-order valence-electron chi connectivity index (χ1n) is 3.29. The SMILES string of the molecule is C=CC(Cl)/C=C(\C)CNC. The molecule has 1 nitrogen and oxygen atoms in total. The Kier molecular flexibility index (Phi) is 5.36. The van der Waals surface area contributed by atoms with Crippen LogP contribution in [0.15, 0.2) is 24.3 Å². The van der Waals surface area contributed by atoms with E-state index in [2.05, 4.69) is 11.9 Å². The summed E-state index contributed by atoms with van der Waals surface area (Å²) in [6.07, 6.45) is 3.69. The largest absolute Gasteiger partial charge is 0.316 e. The Morgan fingerprint density at radius 1 is 1.80 bits per heavy atom. The van der Waals surface area contributed by atoms with Crippen LogP contribution >= 0.6 is 11.6 Å². The summed E-state index contributed by atoms with van der Waals surface area (Å²) in [5.41, 5.74) is 1.24. The Hall–Kier alpha value is -0.270. The van der Waals surface area contributed by atoms with Crippen molar-refractivity contribution in [3.63, 3.8) is 0 Å². The van der Waals surface area contributed by atoms with Gasteiger partial charge in [0.05, 0.1) is 5.38 Å². The molecule has 0 fully saturated rings. The van der Waals surface area contributed by atoms with Gasteiger partial charge in [-0.25, -0.2) is 0 Å². The van der Waals surface area contributed by atoms with Gasteiger partial charge in [0.15, 0.2) is 0 Å². The summed E-state index contributed by atoms with van der Waals surface area (Å²) in [7, 11) is 1.91. The van der Waals surface area contributed by atoms with Gasteiger partial charge in [0.25, 0.3) is 0 Å². The van der Waals surface area contributed by atoms with Crippen LogP contribution in [0.5, 0.6) is 0 Å². The van der Waals surface area contributed by atoms with Crippen molar-refractivity contribution in [3.05, 3.63) is 24.3 Å². The maximum Gasteiger partial charge on any atom is 0.0697 e. The molecule has 0 amide bonds. The number of likely N-dealkylation sites (N-methyl/N-ethyl adjacent to an activating group) is 1. The Bertz CT molecular complexity index is 129. The third-order valence-corrected chi connectivity index (χ3v) is 1.43. The Morgan fingerprint density at radius 3 is 2.80 bits per heavy atom. The normalized spacial score (nSPS) is 14.9. The molecule has 0 heterocycles. The number of rotatable bonds is 4. The van der Waals surface area contributed by atoms with Crippen LogP contribution in [0, 0.1) is 0 Å². The van der Waals surface area contributed by atoms with Crippen molar-refractivity contribution >= 4 is 11.6 Å². The average molecular weight is 160 g/mol. The minimum absolute atomic E-state index is 0.0339. The lowest BCUT2D eigenvalue weighted by molar-refractivity contribution is 0.876. The van der Waals surface area contributed by atoms with Crippen molar-refractivity contribution in [1.29, 1.82) is 0 Å². The molecule has 1 unspecified atom stereocenters. The van der Waals surface area contributed by atoms with E-state index in [0.29, 0.717) is 0 Å². The standard InChI is InChI=1S/C8H14ClN/c1-4-8(9)5-7(2)6-10-3/h4-5,8,10H,1,6H2,2-3H3/b7-5+. The second kappa shape index (κ2) is 5.51. The van der Waals surface area contributed by atoms with Gasteiger partial charge >= 0.3 is 0 Å². The van der Waals surface area contributed by atoms with E-state index in [0.717, 1.165) is 6.54 Å². The van der Waals surface area contributed by atoms with E-state index in [4.69, 9.17) is 11.6 Å². The first-order valence-corrected chi connectivity index (χ1v) is 3.73. The van der Waals surface area contributed by atoms with Crippen LogP contribution in [-0.4, -0.2) is 19.0 Å². The molecule has 0 aliphatic heterocycles. The van der Waals surface area contributed by atoms with E-state index in [-0.39, 0.29) is 5.38 Å². The van der Waals surface area contributed by atoms with Crippen LogP contribution < -0.4 is 5.32 Å². The van der Waals surface area contributed by atoms with Crippen LogP contribution in [0.25, 0.3) is 0 Å². The summed E-state index contributed by atoms with van der Waals surface area (Å²) in [5.74, 6) is 0. The summed E-state index contributed by atoms with van der Waals surface area (Å²) in [4.78, 5) is 0. The summed E-state index contributed by atoms with van der Waals surface area (Å²) in [6.45, 7) is 6.50. The van der Waals surface area contributed by atoms with Gasteiger partial charge < -0.3 is 5.32 Å². The molecule has 0 bridgehead atoms. The molecular formula is C8H14ClN. The van der Waals surface area contributed by atoms with Gasteiger partial charge in [-0.3, -0.25) is 0 Å². The van der Waals surface area contributed by atoms with Gasteiger partial charge in [-0.1, -0.05) is 17.7 Å². The highest BCUT2D eigenvalue weighted by molar-refractivity contribution is 6.23. The maximum absolute atomic E-state index is 5.77. The number of halogens is 1. The molecule has 0 aliphatic carbocycles. The van der Waals surface area contributed by atoms with Crippen molar-refractivity contribution in [2.45, 2.75) is 12.3 Å². The molecule has 2 heteroatoms. The van der Waals surface area contributed by atoms with Crippen molar-refractivity contribution in [3.8, 4) is 0 Å². The summed E-state index contributed by atoms with van der Waals surface area (Å²) >= 11 is 5.77. The van der Waals surface area contributed by atoms with Gasteiger partial charge in [-0.05, 0) is 14.0 Å². The van der Waals surface area contributed by atoms with E-state index < -0.39 is 0 Å². The van der Waals surface area contributed by atoms with Gasteiger partial charge in [-0.15, -0.1) is 18.2 Å². The van der Waals surface area contributed by atoms with Crippen molar-refractivity contribution in [2.75, 3.05) is 13.6 Å². The van der Waals surface area contributed by atoms with Gasteiger partial charge in [0.1, 0.15) is 0 Å². The summed E-state index contributed by atoms with van der Waals surface area (Å²) < 4.78 is 0. The Labute approximate surface area is 67.8 Å². The minimum Gasteiger partial charge on any atom is -0.316 e. The second-order valence-corrected chi connectivity index (χ2v) is 2.73. The maximum atomic E-state index is 5.77. The molecule has 0 aromatic heterocycles. The summed E-state index contributed by atoms with van der Waals surface area (Å²) in [5, 5.41) is 3.00. The van der Waals surface area contributed by atoms with Crippen LogP contribution in [0.1, 0.15) is 6.92 Å². The average Bonchev–Trinajstić information content (AvgIpc) is 1.88. The first-order chi connectivity index (χ1) is 4.70. The zero-order chi connectivity index (χ0) is 7.98. The van der Waals surface area contributed by atoms with E-state index >= 15 is 0 Å². The summed E-state index contributed by atoms with van der Waals surface area (Å²) in [6, 6.07) is 0. The predicted molar refractivity (Wildman–Crippen MR) is 47.5 cm³/mol. The quantitative estimate of drug-likeness (QED) is 0.489. The lowest BCUT2D eigenvalue weighted by atomic mass is 10.2. The van der Waals surface area contributed by atoms with Crippen LogP contribution in [0.4, 0.5) is 0 Å². The molecule has 0 aromatic rings. The topological polar surface area (TPSA) is 12.0 Å². The van der Waals surface area contributed by atoms with Gasteiger partial charge in [0.2, 0.25) is 0 Å². The predicted octanol–water partition coefficient (Wildman–Crippen LogP) is 1.95. The zero-order valence-corrected chi connectivity index (χ0v) is 7.28. The van der Waals surface area contributed by atoms with Crippen molar-refractivity contribution in [1.82, 2.24) is 5.32 Å². The van der Waals surface area contributed by atoms with Crippen molar-refractivity contribution in [2.24, 2.45) is 0 Å². The fourth-order valence-corrected chi connectivity index (χ4v) is 0.893. The van der Waals surface area contributed by atoms with Gasteiger partial charge in [-0.2, -0.15) is 0 Å². The van der Waals surface area contributed by atoms with Crippen LogP contribution in [0.2, 0.25) is 0 Å². The lowest BCUT2D eigenvalue weighted by Gasteiger charge is -2.00. The van der Waals surface area contributed by atoms with Crippen molar-refractivity contribution < 1.29 is 0 Å². The number of hydrogen-bond acceptors (Lipinski definition) is 1. The number of allylic oxidation sites excluding steroid dienone is 2. The monoisotopic (exact) mass is 159 g/mol. The zero-order valence-electron chi connectivity index (χ0n) is 6.52. The minimum atomic E-state index is -0.0339. The molecule has 0 saturated carbocycles. The van der Waals surface area contributed by atoms with Crippen LogP contribution in [-0.2, 0) is 0 Å². The molecule has 58 valence electrons.